The molecule has 0 aromatic heterocycles. The lowest BCUT2D eigenvalue weighted by atomic mass is 10.2. The van der Waals surface area contributed by atoms with Gasteiger partial charge in [0.1, 0.15) is 24.7 Å². The predicted octanol–water partition coefficient (Wildman–Crippen LogP) is 6.39. The molecule has 0 spiro atoms. The van der Waals surface area contributed by atoms with Crippen molar-refractivity contribution in [2.75, 3.05) is 11.9 Å². The summed E-state index contributed by atoms with van der Waals surface area (Å²) >= 11 is 12.8. The molecule has 0 aliphatic carbocycles. The average Bonchev–Trinajstić information content (AvgIpc) is 3.07. The third-order valence-corrected chi connectivity index (χ3v) is 6.36. The summed E-state index contributed by atoms with van der Waals surface area (Å²) in [6.45, 7) is -0.233. The van der Waals surface area contributed by atoms with Gasteiger partial charge in [0.15, 0.2) is 0 Å². The molecule has 35 heavy (non-hydrogen) atoms. The predicted molar refractivity (Wildman–Crippen MR) is 135 cm³/mol. The first-order valence-corrected chi connectivity index (χ1v) is 11.8. The first kappa shape index (κ1) is 24.8. The number of imide groups is 1. The molecule has 0 saturated carbocycles. The highest BCUT2D eigenvalue weighted by Crippen LogP contribution is 2.33. The zero-order valence-corrected chi connectivity index (χ0v) is 20.3. The highest BCUT2D eigenvalue weighted by Gasteiger charge is 2.36. The van der Waals surface area contributed by atoms with Crippen molar-refractivity contribution in [1.29, 1.82) is 0 Å². The Bertz CT molecular complexity index is 1330. The van der Waals surface area contributed by atoms with E-state index in [9.17, 15) is 18.8 Å². The summed E-state index contributed by atoms with van der Waals surface area (Å²) in [5.74, 6) is -1.05. The molecular formula is C25H17Cl2FN2O4S. The number of hydrogen-bond acceptors (Lipinski definition) is 5. The third kappa shape index (κ3) is 6.42. The van der Waals surface area contributed by atoms with Gasteiger partial charge in [-0.3, -0.25) is 19.3 Å². The Morgan fingerprint density at radius 2 is 1.83 bits per heavy atom. The van der Waals surface area contributed by atoms with E-state index in [1.807, 2.05) is 0 Å². The van der Waals surface area contributed by atoms with E-state index in [0.717, 1.165) is 22.2 Å². The number of nitrogens with zero attached hydrogens (tertiary/aromatic N) is 1. The standard InChI is InChI=1S/C25H17Cl2FN2O4S/c26-17-5-4-16(21(27)12-17)14-34-20-3-1-2-15(10-20)11-22-24(32)30(25(33)35-22)13-23(31)29-19-8-6-18(28)7-9-19/h1-12H,13-14H2,(H,29,31)/b22-11+. The molecule has 1 fully saturated rings. The summed E-state index contributed by atoms with van der Waals surface area (Å²) in [6, 6.07) is 17.3. The number of ether oxygens (including phenoxy) is 1. The maximum Gasteiger partial charge on any atom is 0.294 e. The fraction of sp³-hybridized carbons (Fsp3) is 0.0800. The number of amides is 3. The maximum absolute atomic E-state index is 13.0. The molecule has 1 aliphatic heterocycles. The zero-order valence-electron chi connectivity index (χ0n) is 18.0. The maximum atomic E-state index is 13.0. The van der Waals surface area contributed by atoms with Crippen LogP contribution in [0.15, 0.2) is 71.6 Å². The van der Waals surface area contributed by atoms with Gasteiger partial charge in [-0.15, -0.1) is 0 Å². The van der Waals surface area contributed by atoms with Crippen LogP contribution in [0.25, 0.3) is 6.08 Å². The Labute approximate surface area is 214 Å². The highest BCUT2D eigenvalue weighted by atomic mass is 35.5. The minimum Gasteiger partial charge on any atom is -0.489 e. The molecule has 178 valence electrons. The van der Waals surface area contributed by atoms with E-state index >= 15 is 0 Å². The van der Waals surface area contributed by atoms with Crippen LogP contribution in [0.4, 0.5) is 14.9 Å². The first-order valence-electron chi connectivity index (χ1n) is 10.3. The monoisotopic (exact) mass is 530 g/mol. The van der Waals surface area contributed by atoms with Gasteiger partial charge >= 0.3 is 0 Å². The molecule has 1 N–H and O–H groups in total. The summed E-state index contributed by atoms with van der Waals surface area (Å²) in [4.78, 5) is 38.4. The lowest BCUT2D eigenvalue weighted by molar-refractivity contribution is -0.127. The Hall–Kier alpha value is -3.33. The van der Waals surface area contributed by atoms with E-state index in [0.29, 0.717) is 27.0 Å². The van der Waals surface area contributed by atoms with Gasteiger partial charge < -0.3 is 10.1 Å². The number of thioether (sulfide) groups is 1. The summed E-state index contributed by atoms with van der Waals surface area (Å²) in [6.07, 6.45) is 1.56. The van der Waals surface area contributed by atoms with Gasteiger partial charge in [0.25, 0.3) is 11.1 Å². The molecule has 0 bridgehead atoms. The smallest absolute Gasteiger partial charge is 0.294 e. The van der Waals surface area contributed by atoms with E-state index in [1.54, 1.807) is 48.5 Å². The third-order valence-electron chi connectivity index (χ3n) is 4.87. The van der Waals surface area contributed by atoms with Crippen LogP contribution in [0.1, 0.15) is 11.1 Å². The molecule has 3 aromatic rings. The van der Waals surface area contributed by atoms with Gasteiger partial charge in [-0.05, 0) is 71.9 Å². The summed E-state index contributed by atoms with van der Waals surface area (Å²) in [7, 11) is 0. The molecule has 0 atom stereocenters. The van der Waals surface area contributed by atoms with Crippen molar-refractivity contribution in [2.24, 2.45) is 0 Å². The number of halogens is 3. The second-order valence-corrected chi connectivity index (χ2v) is 9.26. The molecule has 1 saturated heterocycles. The lowest BCUT2D eigenvalue weighted by Gasteiger charge is -2.12. The molecule has 0 radical (unpaired) electrons. The zero-order chi connectivity index (χ0) is 24.9. The minimum absolute atomic E-state index is 0.183. The quantitative estimate of drug-likeness (QED) is 0.358. The number of benzene rings is 3. The number of carbonyl (C=O) groups excluding carboxylic acids is 3. The SMILES string of the molecule is O=C(CN1C(=O)S/C(=C/c2cccc(OCc3ccc(Cl)cc3Cl)c2)C1=O)Nc1ccc(F)cc1. The average molecular weight is 531 g/mol. The van der Waals surface area contributed by atoms with E-state index in [-0.39, 0.29) is 11.5 Å². The molecule has 4 rings (SSSR count). The van der Waals surface area contributed by atoms with Crippen LogP contribution >= 0.6 is 35.0 Å². The number of rotatable bonds is 7. The molecular weight excluding hydrogens is 514 g/mol. The van der Waals surface area contributed by atoms with Crippen molar-refractivity contribution in [3.05, 3.63) is 98.6 Å². The second kappa shape index (κ2) is 10.9. The van der Waals surface area contributed by atoms with Crippen molar-refractivity contribution in [3.63, 3.8) is 0 Å². The van der Waals surface area contributed by atoms with E-state index in [1.165, 1.54) is 24.3 Å². The van der Waals surface area contributed by atoms with Crippen molar-refractivity contribution >= 4 is 63.8 Å². The van der Waals surface area contributed by atoms with Crippen LogP contribution in [-0.4, -0.2) is 28.5 Å². The van der Waals surface area contributed by atoms with Gasteiger partial charge in [-0.2, -0.15) is 0 Å². The van der Waals surface area contributed by atoms with Gasteiger partial charge in [0.2, 0.25) is 5.91 Å². The summed E-state index contributed by atoms with van der Waals surface area (Å²) in [5, 5.41) is 3.00. The molecule has 6 nitrogen and oxygen atoms in total. The molecule has 0 unspecified atom stereocenters. The molecule has 10 heteroatoms. The molecule has 3 aromatic carbocycles. The van der Waals surface area contributed by atoms with E-state index in [2.05, 4.69) is 5.32 Å². The van der Waals surface area contributed by atoms with E-state index < -0.39 is 29.4 Å². The Morgan fingerprint density at radius 3 is 2.57 bits per heavy atom. The Morgan fingerprint density at radius 1 is 1.06 bits per heavy atom. The topological polar surface area (TPSA) is 75.7 Å². The van der Waals surface area contributed by atoms with Crippen LogP contribution in [-0.2, 0) is 16.2 Å². The normalized spacial score (nSPS) is 14.5. The van der Waals surface area contributed by atoms with Crippen LogP contribution in [0, 0.1) is 5.82 Å². The van der Waals surface area contributed by atoms with Crippen LogP contribution in [0.3, 0.4) is 0 Å². The van der Waals surface area contributed by atoms with Gasteiger partial charge in [-0.25, -0.2) is 4.39 Å². The van der Waals surface area contributed by atoms with Gasteiger partial charge in [0, 0.05) is 21.3 Å². The fourth-order valence-corrected chi connectivity index (χ4v) is 4.46. The molecule has 1 heterocycles. The number of hydrogen-bond donors (Lipinski definition) is 1. The second-order valence-electron chi connectivity index (χ2n) is 7.42. The van der Waals surface area contributed by atoms with Crippen molar-refractivity contribution in [3.8, 4) is 5.75 Å². The highest BCUT2D eigenvalue weighted by molar-refractivity contribution is 8.18. The minimum atomic E-state index is -0.575. The number of carbonyl (C=O) groups is 3. The van der Waals surface area contributed by atoms with Crippen molar-refractivity contribution in [1.82, 2.24) is 4.90 Å². The van der Waals surface area contributed by atoms with E-state index in [4.69, 9.17) is 27.9 Å². The molecule has 1 aliphatic rings. The fourth-order valence-electron chi connectivity index (χ4n) is 3.16. The van der Waals surface area contributed by atoms with Crippen molar-refractivity contribution < 1.29 is 23.5 Å². The lowest BCUT2D eigenvalue weighted by Crippen LogP contribution is -2.36. The largest absolute Gasteiger partial charge is 0.489 e. The van der Waals surface area contributed by atoms with Gasteiger partial charge in [-0.1, -0.05) is 41.4 Å². The number of anilines is 1. The van der Waals surface area contributed by atoms with Crippen LogP contribution < -0.4 is 10.1 Å². The van der Waals surface area contributed by atoms with Crippen molar-refractivity contribution in [2.45, 2.75) is 6.61 Å². The van der Waals surface area contributed by atoms with Crippen LogP contribution in [0.2, 0.25) is 10.0 Å². The summed E-state index contributed by atoms with van der Waals surface area (Å²) < 4.78 is 18.8. The Balaban J connectivity index is 1.40. The van der Waals surface area contributed by atoms with Gasteiger partial charge in [0.05, 0.1) is 4.91 Å². The summed E-state index contributed by atoms with van der Waals surface area (Å²) in [5.41, 5.74) is 1.77. The van der Waals surface area contributed by atoms with Crippen LogP contribution in [0.5, 0.6) is 5.75 Å². The Kier molecular flexibility index (Phi) is 7.75. The number of nitrogens with one attached hydrogen (secondary N) is 1. The first-order chi connectivity index (χ1) is 16.8. The molecule has 3 amide bonds.